The Morgan fingerprint density at radius 1 is 1.62 bits per heavy atom. The molecule has 0 amide bonds. The molecular weight excluding hydrogens is 211 g/mol. The molecule has 0 radical (unpaired) electrons. The smallest absolute Gasteiger partial charge is 0.434 e. The summed E-state index contributed by atoms with van der Waals surface area (Å²) in [5, 5.41) is 0. The molecule has 0 aromatic heterocycles. The Kier molecular flexibility index (Phi) is 2.74. The molecule has 0 aromatic rings. The van der Waals surface area contributed by atoms with Gasteiger partial charge in [0.2, 0.25) is 0 Å². The Morgan fingerprint density at radius 3 is 2.62 bits per heavy atom. The molecule has 0 spiro atoms. The second kappa shape index (κ2) is 3.35. The molecule has 1 fully saturated rings. The van der Waals surface area contributed by atoms with Gasteiger partial charge < -0.3 is 8.92 Å². The van der Waals surface area contributed by atoms with Gasteiger partial charge in [-0.1, -0.05) is 0 Å². The molecule has 0 saturated carbocycles. The number of rotatable bonds is 1. The molecule has 0 aliphatic carbocycles. The van der Waals surface area contributed by atoms with E-state index in [-0.39, 0.29) is 12.4 Å². The van der Waals surface area contributed by atoms with Crippen molar-refractivity contribution in [3.05, 3.63) is 0 Å². The van der Waals surface area contributed by atoms with Crippen molar-refractivity contribution in [3.63, 3.8) is 0 Å². The van der Waals surface area contributed by atoms with Gasteiger partial charge >= 0.3 is 12.1 Å². The van der Waals surface area contributed by atoms with Crippen molar-refractivity contribution in [2.45, 2.75) is 11.9 Å². The van der Waals surface area contributed by atoms with Gasteiger partial charge in [-0.15, -0.1) is 0 Å². The summed E-state index contributed by atoms with van der Waals surface area (Å²) in [5.74, 6) is -2.30. The zero-order valence-electron chi connectivity index (χ0n) is 6.26. The van der Waals surface area contributed by atoms with Crippen LogP contribution in [0.15, 0.2) is 0 Å². The zero-order chi connectivity index (χ0) is 10.1. The Balaban J connectivity index is 2.53. The average molecular weight is 217 g/mol. The predicted molar refractivity (Wildman–Crippen MR) is 37.5 cm³/mol. The highest BCUT2D eigenvalue weighted by molar-refractivity contribution is 7.94. The van der Waals surface area contributed by atoms with E-state index in [9.17, 15) is 18.0 Å². The van der Waals surface area contributed by atoms with E-state index >= 15 is 0 Å². The number of hydrogen-bond donors (Lipinski definition) is 1. The van der Waals surface area contributed by atoms with Crippen LogP contribution in [-0.4, -0.2) is 30.2 Å². The lowest BCUT2D eigenvalue weighted by atomic mass is 10.3. The number of ether oxygens (including phenoxy) is 1. The van der Waals surface area contributed by atoms with Gasteiger partial charge in [0.1, 0.15) is 6.61 Å². The zero-order valence-corrected chi connectivity index (χ0v) is 7.07. The molecule has 1 heterocycles. The molecule has 1 unspecified atom stereocenters. The van der Waals surface area contributed by atoms with E-state index in [1.165, 1.54) is 0 Å². The molecule has 1 aliphatic rings. The van der Waals surface area contributed by atoms with Gasteiger partial charge in [-0.2, -0.15) is 13.2 Å². The Hall–Kier alpha value is -0.470. The minimum Gasteiger partial charge on any atom is -0.434 e. The number of nitrogens with two attached hydrogens (primary N) is 1. The van der Waals surface area contributed by atoms with Gasteiger partial charge in [0, 0.05) is 0 Å². The normalized spacial score (nSPS) is 28.9. The molecule has 1 aliphatic heterocycles. The van der Waals surface area contributed by atoms with E-state index in [1.807, 2.05) is 0 Å². The maximum Gasteiger partial charge on any atom is 0.490 e. The SMILES string of the molecule is NC1(OC(=O)C(F)(F)F)COSC1. The maximum atomic E-state index is 11.7. The van der Waals surface area contributed by atoms with E-state index in [2.05, 4.69) is 8.92 Å². The van der Waals surface area contributed by atoms with Crippen molar-refractivity contribution in [1.82, 2.24) is 0 Å². The van der Waals surface area contributed by atoms with Crippen molar-refractivity contribution in [2.24, 2.45) is 5.73 Å². The molecule has 0 aromatic carbocycles. The Labute approximate surface area is 75.8 Å². The van der Waals surface area contributed by atoms with Crippen LogP contribution in [0.4, 0.5) is 13.2 Å². The second-order valence-corrected chi connectivity index (χ2v) is 3.24. The van der Waals surface area contributed by atoms with Gasteiger partial charge in [0.05, 0.1) is 5.75 Å². The Bertz CT molecular complexity index is 214. The molecule has 4 nitrogen and oxygen atoms in total. The van der Waals surface area contributed by atoms with Crippen LogP contribution >= 0.6 is 12.0 Å². The van der Waals surface area contributed by atoms with Gasteiger partial charge in [-0.25, -0.2) is 4.79 Å². The van der Waals surface area contributed by atoms with Crippen LogP contribution in [0, 0.1) is 0 Å². The van der Waals surface area contributed by atoms with Gasteiger partial charge in [0.15, 0.2) is 5.72 Å². The van der Waals surface area contributed by atoms with Crippen LogP contribution in [0.25, 0.3) is 0 Å². The highest BCUT2D eigenvalue weighted by Gasteiger charge is 2.47. The molecule has 2 N–H and O–H groups in total. The molecule has 1 rings (SSSR count). The largest absolute Gasteiger partial charge is 0.490 e. The van der Waals surface area contributed by atoms with Crippen LogP contribution in [0.1, 0.15) is 0 Å². The molecule has 1 atom stereocenters. The molecule has 76 valence electrons. The van der Waals surface area contributed by atoms with Crippen LogP contribution in [-0.2, 0) is 13.7 Å². The lowest BCUT2D eigenvalue weighted by molar-refractivity contribution is -0.212. The highest BCUT2D eigenvalue weighted by atomic mass is 32.2. The quantitative estimate of drug-likeness (QED) is 0.392. The summed E-state index contributed by atoms with van der Waals surface area (Å²) in [4.78, 5) is 10.3. The molecule has 0 bridgehead atoms. The first-order valence-electron chi connectivity index (χ1n) is 3.17. The molecule has 8 heteroatoms. The van der Waals surface area contributed by atoms with Crippen molar-refractivity contribution in [1.29, 1.82) is 0 Å². The second-order valence-electron chi connectivity index (χ2n) is 2.48. The van der Waals surface area contributed by atoms with Crippen molar-refractivity contribution < 1.29 is 26.9 Å². The number of alkyl halides is 3. The van der Waals surface area contributed by atoms with E-state index in [4.69, 9.17) is 5.73 Å². The van der Waals surface area contributed by atoms with Crippen molar-refractivity contribution in [3.8, 4) is 0 Å². The first kappa shape index (κ1) is 10.6. The van der Waals surface area contributed by atoms with Gasteiger partial charge in [0.25, 0.3) is 0 Å². The molecule has 1 saturated heterocycles. The fourth-order valence-electron chi connectivity index (χ4n) is 0.626. The van der Waals surface area contributed by atoms with Crippen LogP contribution in [0.5, 0.6) is 0 Å². The summed E-state index contributed by atoms with van der Waals surface area (Å²) < 4.78 is 43.7. The molecule has 13 heavy (non-hydrogen) atoms. The third kappa shape index (κ3) is 2.75. The minimum atomic E-state index is -5.01. The summed E-state index contributed by atoms with van der Waals surface area (Å²) in [6, 6.07) is 0. The van der Waals surface area contributed by atoms with E-state index in [1.54, 1.807) is 0 Å². The van der Waals surface area contributed by atoms with Crippen LogP contribution < -0.4 is 5.73 Å². The summed E-state index contributed by atoms with van der Waals surface area (Å²) in [7, 11) is 0. The maximum absolute atomic E-state index is 11.7. The monoisotopic (exact) mass is 217 g/mol. The first-order chi connectivity index (χ1) is 5.83. The topological polar surface area (TPSA) is 61.5 Å². The number of carbonyl (C=O) groups is 1. The number of esters is 1. The molecular formula is C5H6F3NO3S. The standard InChI is InChI=1S/C5H6F3NO3S/c6-5(7,8)3(10)12-4(9)1-11-13-2-4/h1-2,9H2. The van der Waals surface area contributed by atoms with Crippen molar-refractivity contribution in [2.75, 3.05) is 12.4 Å². The highest BCUT2D eigenvalue weighted by Crippen LogP contribution is 2.27. The predicted octanol–water partition coefficient (Wildman–Crippen LogP) is 0.425. The summed E-state index contributed by atoms with van der Waals surface area (Å²) in [5.41, 5.74) is 3.61. The fraction of sp³-hybridized carbons (Fsp3) is 0.800. The van der Waals surface area contributed by atoms with Crippen molar-refractivity contribution >= 4 is 18.0 Å². The number of halogens is 3. The number of carbonyl (C=O) groups excluding carboxylic acids is 1. The van der Waals surface area contributed by atoms with Gasteiger partial charge in [-0.3, -0.25) is 5.73 Å². The summed E-state index contributed by atoms with van der Waals surface area (Å²) in [6.07, 6.45) is -5.01. The minimum absolute atomic E-state index is 0.00514. The van der Waals surface area contributed by atoms with Gasteiger partial charge in [-0.05, 0) is 12.0 Å². The summed E-state index contributed by atoms with van der Waals surface area (Å²) in [6.45, 7) is -0.237. The lowest BCUT2D eigenvalue weighted by Crippen LogP contribution is -2.49. The number of hydrogen-bond acceptors (Lipinski definition) is 5. The van der Waals surface area contributed by atoms with E-state index < -0.39 is 17.9 Å². The first-order valence-corrected chi connectivity index (χ1v) is 4.08. The van der Waals surface area contributed by atoms with E-state index in [0.29, 0.717) is 0 Å². The van der Waals surface area contributed by atoms with E-state index in [0.717, 1.165) is 12.0 Å². The van der Waals surface area contributed by atoms with Crippen LogP contribution in [0.3, 0.4) is 0 Å². The Morgan fingerprint density at radius 2 is 2.23 bits per heavy atom. The van der Waals surface area contributed by atoms with Crippen LogP contribution in [0.2, 0.25) is 0 Å². The third-order valence-corrected chi connectivity index (χ3v) is 2.11. The fourth-order valence-corrected chi connectivity index (χ4v) is 1.33. The summed E-state index contributed by atoms with van der Waals surface area (Å²) >= 11 is 0.864. The average Bonchev–Trinajstić information content (AvgIpc) is 2.33. The lowest BCUT2D eigenvalue weighted by Gasteiger charge is -2.21. The third-order valence-electron chi connectivity index (χ3n) is 1.22.